The molecule has 0 radical (unpaired) electrons. The number of hydrogen-bond acceptors (Lipinski definition) is 3. The summed E-state index contributed by atoms with van der Waals surface area (Å²) < 4.78 is 5.46. The van der Waals surface area contributed by atoms with Gasteiger partial charge in [0.2, 0.25) is 11.8 Å². The molecular weight excluding hydrogens is 188 g/mol. The van der Waals surface area contributed by atoms with Gasteiger partial charge in [0.05, 0.1) is 0 Å². The lowest BCUT2D eigenvalue weighted by Crippen LogP contribution is -1.90. The van der Waals surface area contributed by atoms with E-state index in [0.717, 1.165) is 25.2 Å². The third kappa shape index (κ3) is 2.99. The number of hydrogen-bond donors (Lipinski definition) is 0. The van der Waals surface area contributed by atoms with Crippen LogP contribution >= 0.6 is 11.6 Å². The minimum Gasteiger partial charge on any atom is -0.425 e. The van der Waals surface area contributed by atoms with E-state index in [-0.39, 0.29) is 0 Å². The third-order valence-corrected chi connectivity index (χ3v) is 2.31. The normalized spacial score (nSPS) is 13.2. The molecule has 0 N–H and O–H groups in total. The zero-order valence-electron chi connectivity index (χ0n) is 8.09. The maximum absolute atomic E-state index is 5.56. The second kappa shape index (κ2) is 5.22. The van der Waals surface area contributed by atoms with E-state index in [0.29, 0.717) is 17.7 Å². The van der Waals surface area contributed by atoms with Crippen molar-refractivity contribution in [2.45, 2.75) is 39.0 Å². The Morgan fingerprint density at radius 3 is 2.85 bits per heavy atom. The van der Waals surface area contributed by atoms with Crippen molar-refractivity contribution in [1.82, 2.24) is 10.2 Å². The monoisotopic (exact) mass is 202 g/mol. The zero-order valence-corrected chi connectivity index (χ0v) is 8.84. The van der Waals surface area contributed by atoms with Crippen molar-refractivity contribution in [2.75, 3.05) is 5.88 Å². The molecule has 0 amide bonds. The highest BCUT2D eigenvalue weighted by Crippen LogP contribution is 2.17. The van der Waals surface area contributed by atoms with Gasteiger partial charge < -0.3 is 4.42 Å². The van der Waals surface area contributed by atoms with Crippen LogP contribution < -0.4 is 0 Å². The Hall–Kier alpha value is -0.570. The van der Waals surface area contributed by atoms with Crippen LogP contribution in [0.1, 0.15) is 44.4 Å². The van der Waals surface area contributed by atoms with Crippen LogP contribution in [0.4, 0.5) is 0 Å². The van der Waals surface area contributed by atoms with Crippen molar-refractivity contribution in [2.24, 2.45) is 0 Å². The van der Waals surface area contributed by atoms with E-state index in [2.05, 4.69) is 24.0 Å². The molecule has 1 unspecified atom stereocenters. The van der Waals surface area contributed by atoms with Crippen molar-refractivity contribution in [3.63, 3.8) is 0 Å². The molecule has 4 heteroatoms. The lowest BCUT2D eigenvalue weighted by atomic mass is 10.1. The first kappa shape index (κ1) is 10.5. The summed E-state index contributed by atoms with van der Waals surface area (Å²) in [6, 6.07) is 0. The summed E-state index contributed by atoms with van der Waals surface area (Å²) in [6.45, 7) is 4.19. The van der Waals surface area contributed by atoms with Gasteiger partial charge in [-0.05, 0) is 12.8 Å². The molecule has 13 heavy (non-hydrogen) atoms. The lowest BCUT2D eigenvalue weighted by Gasteiger charge is -1.99. The van der Waals surface area contributed by atoms with Gasteiger partial charge in [-0.25, -0.2) is 0 Å². The quantitative estimate of drug-likeness (QED) is 0.690. The largest absolute Gasteiger partial charge is 0.425 e. The maximum Gasteiger partial charge on any atom is 0.219 e. The summed E-state index contributed by atoms with van der Waals surface area (Å²) in [4.78, 5) is 0. The molecule has 3 nitrogen and oxygen atoms in total. The van der Waals surface area contributed by atoms with Gasteiger partial charge in [-0.3, -0.25) is 0 Å². The van der Waals surface area contributed by atoms with E-state index < -0.39 is 0 Å². The highest BCUT2D eigenvalue weighted by molar-refractivity contribution is 6.17. The Balaban J connectivity index is 2.53. The fourth-order valence-corrected chi connectivity index (χ4v) is 1.09. The van der Waals surface area contributed by atoms with Gasteiger partial charge in [0.1, 0.15) is 0 Å². The molecule has 0 aliphatic carbocycles. The molecule has 1 aromatic rings. The second-order valence-electron chi connectivity index (χ2n) is 3.14. The van der Waals surface area contributed by atoms with Gasteiger partial charge in [-0.1, -0.05) is 13.8 Å². The minimum atomic E-state index is 0.359. The van der Waals surface area contributed by atoms with Gasteiger partial charge in [-0.15, -0.1) is 21.8 Å². The Bertz CT molecular complexity index is 250. The van der Waals surface area contributed by atoms with Gasteiger partial charge in [0.25, 0.3) is 0 Å². The average Bonchev–Trinajstić information content (AvgIpc) is 2.62. The SMILES string of the molecule is CCC(C)c1nnc(CCCCl)o1. The van der Waals surface area contributed by atoms with E-state index in [4.69, 9.17) is 16.0 Å². The standard InChI is InChI=1S/C9H15ClN2O/c1-3-7(2)9-12-11-8(13-9)5-4-6-10/h7H,3-6H2,1-2H3. The van der Waals surface area contributed by atoms with Gasteiger partial charge in [0, 0.05) is 18.2 Å². The summed E-state index contributed by atoms with van der Waals surface area (Å²) >= 11 is 5.56. The van der Waals surface area contributed by atoms with E-state index >= 15 is 0 Å². The van der Waals surface area contributed by atoms with Crippen LogP contribution in [-0.2, 0) is 6.42 Å². The van der Waals surface area contributed by atoms with E-state index in [1.807, 2.05) is 0 Å². The maximum atomic E-state index is 5.56. The summed E-state index contributed by atoms with van der Waals surface area (Å²) in [6.07, 6.45) is 2.70. The molecule has 1 rings (SSSR count). The topological polar surface area (TPSA) is 38.9 Å². The summed E-state index contributed by atoms with van der Waals surface area (Å²) in [5.74, 6) is 2.45. The molecule has 0 saturated heterocycles. The fourth-order valence-electron chi connectivity index (χ4n) is 0.959. The molecule has 0 spiro atoms. The van der Waals surface area contributed by atoms with Gasteiger partial charge >= 0.3 is 0 Å². The van der Waals surface area contributed by atoms with Crippen LogP contribution in [0.2, 0.25) is 0 Å². The van der Waals surface area contributed by atoms with Gasteiger partial charge in [-0.2, -0.15) is 0 Å². The van der Waals surface area contributed by atoms with Gasteiger partial charge in [0.15, 0.2) is 0 Å². The molecule has 0 aliphatic heterocycles. The molecule has 1 atom stereocenters. The first-order valence-corrected chi connectivity index (χ1v) is 5.19. The summed E-state index contributed by atoms with van der Waals surface area (Å²) in [7, 11) is 0. The smallest absolute Gasteiger partial charge is 0.219 e. The molecule has 0 bridgehead atoms. The first-order chi connectivity index (χ1) is 6.27. The summed E-state index contributed by atoms with van der Waals surface area (Å²) in [5.41, 5.74) is 0. The number of aromatic nitrogens is 2. The van der Waals surface area contributed by atoms with Crippen LogP contribution in [0.3, 0.4) is 0 Å². The third-order valence-electron chi connectivity index (χ3n) is 2.04. The van der Waals surface area contributed by atoms with Crippen molar-refractivity contribution >= 4 is 11.6 Å². The minimum absolute atomic E-state index is 0.359. The first-order valence-electron chi connectivity index (χ1n) is 4.66. The van der Waals surface area contributed by atoms with Crippen molar-refractivity contribution in [1.29, 1.82) is 0 Å². The molecule has 0 fully saturated rings. The predicted molar refractivity (Wildman–Crippen MR) is 52.0 cm³/mol. The number of rotatable bonds is 5. The van der Waals surface area contributed by atoms with Crippen molar-refractivity contribution in [3.05, 3.63) is 11.8 Å². The highest BCUT2D eigenvalue weighted by Gasteiger charge is 2.11. The number of halogens is 1. The fraction of sp³-hybridized carbons (Fsp3) is 0.778. The second-order valence-corrected chi connectivity index (χ2v) is 3.51. The molecule has 0 aliphatic rings. The van der Waals surface area contributed by atoms with Crippen LogP contribution in [0.25, 0.3) is 0 Å². The van der Waals surface area contributed by atoms with E-state index in [1.54, 1.807) is 0 Å². The number of aryl methyl sites for hydroxylation is 1. The van der Waals surface area contributed by atoms with E-state index in [1.165, 1.54) is 0 Å². The predicted octanol–water partition coefficient (Wildman–Crippen LogP) is 2.75. The number of alkyl halides is 1. The molecule has 1 heterocycles. The van der Waals surface area contributed by atoms with Crippen molar-refractivity contribution in [3.8, 4) is 0 Å². The van der Waals surface area contributed by atoms with Crippen molar-refractivity contribution < 1.29 is 4.42 Å². The number of nitrogens with zero attached hydrogens (tertiary/aromatic N) is 2. The van der Waals surface area contributed by atoms with Crippen LogP contribution in [0, 0.1) is 0 Å². The summed E-state index contributed by atoms with van der Waals surface area (Å²) in [5, 5.41) is 7.93. The molecule has 0 saturated carbocycles. The Morgan fingerprint density at radius 2 is 2.23 bits per heavy atom. The van der Waals surface area contributed by atoms with E-state index in [9.17, 15) is 0 Å². The molecule has 1 aromatic heterocycles. The highest BCUT2D eigenvalue weighted by atomic mass is 35.5. The van der Waals surface area contributed by atoms with Crippen LogP contribution in [0.15, 0.2) is 4.42 Å². The Morgan fingerprint density at radius 1 is 1.46 bits per heavy atom. The molecular formula is C9H15ClN2O. The Kier molecular flexibility index (Phi) is 4.22. The molecule has 74 valence electrons. The zero-order chi connectivity index (χ0) is 9.68. The lowest BCUT2D eigenvalue weighted by molar-refractivity contribution is 0.418. The molecule has 0 aromatic carbocycles. The Labute approximate surface area is 83.5 Å². The van der Waals surface area contributed by atoms with Crippen LogP contribution in [0.5, 0.6) is 0 Å². The average molecular weight is 203 g/mol. The van der Waals surface area contributed by atoms with Crippen LogP contribution in [-0.4, -0.2) is 16.1 Å².